The van der Waals surface area contributed by atoms with E-state index >= 15 is 0 Å². The van der Waals surface area contributed by atoms with Gasteiger partial charge in [0.05, 0.1) is 26.2 Å². The highest BCUT2D eigenvalue weighted by Crippen LogP contribution is 2.61. The van der Waals surface area contributed by atoms with Crippen LogP contribution in [0.2, 0.25) is 0 Å². The molecule has 0 N–H and O–H groups in total. The minimum Gasteiger partial charge on any atom is -0.466 e. The van der Waals surface area contributed by atoms with Crippen molar-refractivity contribution in [2.45, 2.75) is 195 Å². The number of carbonyl (C=O) groups is 6. The molecule has 4 rings (SSSR count). The van der Waals surface area contributed by atoms with Crippen LogP contribution in [-0.4, -0.2) is 107 Å². The van der Waals surface area contributed by atoms with Gasteiger partial charge in [0.2, 0.25) is 0 Å². The molecule has 0 aromatic rings. The van der Waals surface area contributed by atoms with E-state index in [1.165, 1.54) is 19.3 Å². The second-order valence-corrected chi connectivity index (χ2v) is 20.2. The molecule has 0 radical (unpaired) electrons. The van der Waals surface area contributed by atoms with Gasteiger partial charge in [0.15, 0.2) is 0 Å². The van der Waals surface area contributed by atoms with Gasteiger partial charge < -0.3 is 38.1 Å². The molecule has 14 nitrogen and oxygen atoms in total. The summed E-state index contributed by atoms with van der Waals surface area (Å²) < 4.78 is 39.4. The molecule has 0 spiro atoms. The van der Waals surface area contributed by atoms with E-state index in [9.17, 15) is 28.8 Å². The van der Waals surface area contributed by atoms with E-state index in [4.69, 9.17) is 33.2 Å². The van der Waals surface area contributed by atoms with Crippen LogP contribution in [0.5, 0.6) is 0 Å². The number of allylic oxidation sites excluding steroid dienone is 4. The summed E-state index contributed by atoms with van der Waals surface area (Å²) in [6.45, 7) is 10.3. The molecule has 0 aromatic heterocycles. The van der Waals surface area contributed by atoms with Crippen LogP contribution < -0.4 is 0 Å². The van der Waals surface area contributed by atoms with E-state index in [0.29, 0.717) is 75.9 Å². The highest BCUT2D eigenvalue weighted by Gasteiger charge is 2.52. The van der Waals surface area contributed by atoms with Crippen LogP contribution in [0, 0.1) is 28.6 Å². The quantitative estimate of drug-likeness (QED) is 0.0246. The molecule has 0 atom stereocenters. The van der Waals surface area contributed by atoms with Crippen LogP contribution in [0.15, 0.2) is 24.3 Å². The predicted octanol–water partition coefficient (Wildman–Crippen LogP) is 11.4. The topological polar surface area (TPSA) is 170 Å². The van der Waals surface area contributed by atoms with Gasteiger partial charge in [-0.15, -0.1) is 0 Å². The highest BCUT2D eigenvalue weighted by atomic mass is 16.7. The zero-order valence-corrected chi connectivity index (χ0v) is 43.3. The van der Waals surface area contributed by atoms with E-state index in [1.54, 1.807) is 0 Å². The van der Waals surface area contributed by atoms with Gasteiger partial charge in [0, 0.05) is 32.2 Å². The lowest BCUT2D eigenvalue weighted by Crippen LogP contribution is -2.47. The van der Waals surface area contributed by atoms with Gasteiger partial charge in [-0.2, -0.15) is 0 Å². The van der Waals surface area contributed by atoms with E-state index in [0.717, 1.165) is 90.3 Å². The molecule has 0 amide bonds. The molecule has 4 bridgehead atoms. The Morgan fingerprint density at radius 1 is 0.464 bits per heavy atom. The van der Waals surface area contributed by atoms with Crippen molar-refractivity contribution in [3.8, 4) is 0 Å². The zero-order valence-electron chi connectivity index (χ0n) is 43.3. The third kappa shape index (κ3) is 26.2. The highest BCUT2D eigenvalue weighted by molar-refractivity contribution is 5.71. The molecule has 14 heteroatoms. The first-order chi connectivity index (χ1) is 33.4. The van der Waals surface area contributed by atoms with Crippen molar-refractivity contribution in [2.75, 3.05) is 65.9 Å². The molecule has 69 heavy (non-hydrogen) atoms. The number of ether oxygens (including phenoxy) is 7. The molecule has 0 aromatic carbocycles. The summed E-state index contributed by atoms with van der Waals surface area (Å²) in [5.74, 6) is 0.0319. The lowest BCUT2D eigenvalue weighted by atomic mass is 9.49. The summed E-state index contributed by atoms with van der Waals surface area (Å²) in [6.07, 6.45) is 26.8. The summed E-state index contributed by atoms with van der Waals surface area (Å²) in [6, 6.07) is 0. The molecule has 0 saturated heterocycles. The van der Waals surface area contributed by atoms with Crippen LogP contribution in [-0.2, 0) is 57.1 Å². The summed E-state index contributed by atoms with van der Waals surface area (Å²) in [7, 11) is 0. The van der Waals surface area contributed by atoms with Crippen molar-refractivity contribution in [1.29, 1.82) is 0 Å². The maximum Gasteiger partial charge on any atom is 0.508 e. The Hall–Kier alpha value is -3.94. The van der Waals surface area contributed by atoms with Gasteiger partial charge in [-0.25, -0.2) is 4.79 Å². The fourth-order valence-electron chi connectivity index (χ4n) is 10.4. The molecular weight excluding hydrogens is 883 g/mol. The van der Waals surface area contributed by atoms with Gasteiger partial charge in [-0.05, 0) is 158 Å². The van der Waals surface area contributed by atoms with Crippen molar-refractivity contribution in [3.63, 3.8) is 0 Å². The van der Waals surface area contributed by atoms with Crippen LogP contribution in [0.25, 0.3) is 0 Å². The Labute approximate surface area is 415 Å². The summed E-state index contributed by atoms with van der Waals surface area (Å²) in [4.78, 5) is 79.9. The van der Waals surface area contributed by atoms with E-state index in [2.05, 4.69) is 56.9 Å². The maximum absolute atomic E-state index is 13.8. The average Bonchev–Trinajstić information content (AvgIpc) is 3.32. The van der Waals surface area contributed by atoms with Gasteiger partial charge in [0.1, 0.15) is 31.8 Å². The summed E-state index contributed by atoms with van der Waals surface area (Å²) >= 11 is 0. The molecule has 0 aliphatic heterocycles. The average molecular weight is 974 g/mol. The molecule has 4 saturated carbocycles. The smallest absolute Gasteiger partial charge is 0.466 e. The molecule has 4 fully saturated rings. The van der Waals surface area contributed by atoms with Crippen molar-refractivity contribution in [1.82, 2.24) is 4.90 Å². The van der Waals surface area contributed by atoms with Crippen molar-refractivity contribution in [3.05, 3.63) is 24.3 Å². The fourth-order valence-corrected chi connectivity index (χ4v) is 10.4. The lowest BCUT2D eigenvalue weighted by Gasteiger charge is -2.56. The van der Waals surface area contributed by atoms with E-state index < -0.39 is 30.1 Å². The number of unbranched alkanes of at least 4 members (excludes halogenated alkanes) is 8. The number of hydrogen-bond acceptors (Lipinski definition) is 14. The predicted molar refractivity (Wildman–Crippen MR) is 265 cm³/mol. The Bertz CT molecular complexity index is 1460. The SMILES string of the molecule is CC/C=C\CCCCOC(=O)CCCCCC(=O)OCC(COC(=O)CCCCCC(=O)OCCCC/C=C\CC)(COC(=O)CC12CC3CC(CC(C3)C1)C2)COC(=O)OCCCN(CC)CC. The number of hydrogen-bond donors (Lipinski definition) is 0. The number of rotatable bonds is 40. The normalized spacial score (nSPS) is 19.5. The Balaban J connectivity index is 1.59. The molecule has 0 unspecified atom stereocenters. The first-order valence-electron chi connectivity index (χ1n) is 27.0. The maximum atomic E-state index is 13.8. The lowest BCUT2D eigenvalue weighted by molar-refractivity contribution is -0.169. The van der Waals surface area contributed by atoms with Gasteiger partial charge >= 0.3 is 36.0 Å². The number of carbonyl (C=O) groups excluding carboxylic acids is 6. The first-order valence-corrected chi connectivity index (χ1v) is 27.0. The Morgan fingerprint density at radius 3 is 1.30 bits per heavy atom. The molecule has 394 valence electrons. The Kier molecular flexibility index (Phi) is 30.3. The number of esters is 5. The fraction of sp³-hybridized carbons (Fsp3) is 0.818. The molecule has 4 aliphatic rings. The third-order valence-electron chi connectivity index (χ3n) is 13.9. The van der Waals surface area contributed by atoms with Crippen molar-refractivity contribution < 1.29 is 61.9 Å². The van der Waals surface area contributed by atoms with Crippen LogP contribution in [0.4, 0.5) is 4.79 Å². The Morgan fingerprint density at radius 2 is 0.870 bits per heavy atom. The minimum atomic E-state index is -1.42. The molecule has 4 aliphatic carbocycles. The zero-order chi connectivity index (χ0) is 50.0. The number of nitrogens with zero attached hydrogens (tertiary/aromatic N) is 1. The monoisotopic (exact) mass is 974 g/mol. The second-order valence-electron chi connectivity index (χ2n) is 20.2. The first kappa shape index (κ1) is 59.4. The second kappa shape index (κ2) is 35.2. The van der Waals surface area contributed by atoms with E-state index in [-0.39, 0.29) is 81.9 Å². The summed E-state index contributed by atoms with van der Waals surface area (Å²) in [5, 5.41) is 0. The summed E-state index contributed by atoms with van der Waals surface area (Å²) in [5.41, 5.74) is -1.50. The van der Waals surface area contributed by atoms with Gasteiger partial charge in [0.25, 0.3) is 0 Å². The van der Waals surface area contributed by atoms with Gasteiger partial charge in [-0.3, -0.25) is 24.0 Å². The molecular formula is C55H91NO13. The van der Waals surface area contributed by atoms with Crippen LogP contribution >= 0.6 is 0 Å². The van der Waals surface area contributed by atoms with Crippen LogP contribution in [0.1, 0.15) is 195 Å². The minimum absolute atomic E-state index is 0.0711. The van der Waals surface area contributed by atoms with Gasteiger partial charge in [-0.1, -0.05) is 64.8 Å². The van der Waals surface area contributed by atoms with Crippen LogP contribution in [0.3, 0.4) is 0 Å². The van der Waals surface area contributed by atoms with E-state index in [1.807, 2.05) is 0 Å². The standard InChI is InChI=1S/C55H91NO13/c1-5-9-11-13-15-23-31-63-48(57)26-19-17-21-28-50(59)66-41-55(44-69-53(62)65-33-25-30-56(7-3)8-4,43-68-52(61)40-54-37-45-34-46(38-54)36-47(35-45)39-54)42-67-51(60)29-22-18-20-27-49(58)64-32-24-16-14-12-10-6-2/h9-12,45-47H,5-8,13-44H2,1-4H3/b11-9-,12-10-. The van der Waals surface area contributed by atoms with Crippen molar-refractivity contribution in [2.24, 2.45) is 28.6 Å². The molecule has 0 heterocycles. The van der Waals surface area contributed by atoms with Crippen molar-refractivity contribution >= 4 is 36.0 Å². The largest absolute Gasteiger partial charge is 0.508 e. The third-order valence-corrected chi connectivity index (χ3v) is 13.9.